The Morgan fingerprint density at radius 3 is 2.31 bits per heavy atom. The van der Waals surface area contributed by atoms with Gasteiger partial charge in [-0.15, -0.1) is 0 Å². The fraction of sp³-hybridized carbons (Fsp3) is 0.409. The van der Waals surface area contributed by atoms with Gasteiger partial charge in [0.2, 0.25) is 10.0 Å². The van der Waals surface area contributed by atoms with E-state index in [-0.39, 0.29) is 36.0 Å². The summed E-state index contributed by atoms with van der Waals surface area (Å²) in [5, 5.41) is 0. The molecule has 2 aromatic rings. The van der Waals surface area contributed by atoms with Gasteiger partial charge in [0, 0.05) is 38.3 Å². The highest BCUT2D eigenvalue weighted by Crippen LogP contribution is 2.29. The van der Waals surface area contributed by atoms with Crippen molar-refractivity contribution in [2.45, 2.75) is 11.4 Å². The Kier molecular flexibility index (Phi) is 7.60. The normalized spacial score (nSPS) is 14.6. The van der Waals surface area contributed by atoms with Crippen molar-refractivity contribution in [2.24, 2.45) is 0 Å². The third-order valence-electron chi connectivity index (χ3n) is 5.26. The summed E-state index contributed by atoms with van der Waals surface area (Å²) < 4.78 is 48.7. The molecule has 1 aliphatic rings. The minimum Gasteiger partial charge on any atom is -0.497 e. The first-order valence-corrected chi connectivity index (χ1v) is 11.5. The van der Waals surface area contributed by atoms with Gasteiger partial charge >= 0.3 is 0 Å². The van der Waals surface area contributed by atoms with Crippen LogP contribution in [-0.4, -0.2) is 78.2 Å². The van der Waals surface area contributed by atoms with Crippen molar-refractivity contribution in [1.82, 2.24) is 9.21 Å². The maximum atomic E-state index is 13.3. The lowest BCUT2D eigenvalue weighted by Crippen LogP contribution is -2.40. The molecule has 1 amide bonds. The van der Waals surface area contributed by atoms with Crippen LogP contribution in [0.4, 0.5) is 0 Å². The molecule has 2 aromatic carbocycles. The Labute approximate surface area is 188 Å². The molecule has 0 bridgehead atoms. The zero-order valence-corrected chi connectivity index (χ0v) is 19.5. The number of ether oxygens (including phenoxy) is 4. The highest BCUT2D eigenvalue weighted by molar-refractivity contribution is 7.89. The highest BCUT2D eigenvalue weighted by Gasteiger charge is 2.28. The lowest BCUT2D eigenvalue weighted by molar-refractivity contribution is 0.0730. The zero-order valence-electron chi connectivity index (χ0n) is 18.7. The fourth-order valence-corrected chi connectivity index (χ4v) is 4.90. The number of amides is 1. The van der Waals surface area contributed by atoms with Crippen molar-refractivity contribution < 1.29 is 32.2 Å². The lowest BCUT2D eigenvalue weighted by Gasteiger charge is -2.26. The molecule has 10 heteroatoms. The molecule has 0 aliphatic carbocycles. The molecule has 1 aliphatic heterocycles. The van der Waals surface area contributed by atoms with Gasteiger partial charge in [-0.1, -0.05) is 0 Å². The first kappa shape index (κ1) is 23.8. The van der Waals surface area contributed by atoms with E-state index in [1.807, 2.05) is 6.07 Å². The molecule has 0 spiro atoms. The second-order valence-corrected chi connectivity index (χ2v) is 9.16. The molecule has 0 radical (unpaired) electrons. The van der Waals surface area contributed by atoms with Gasteiger partial charge in [0.25, 0.3) is 5.91 Å². The molecule has 0 aromatic heterocycles. The highest BCUT2D eigenvalue weighted by atomic mass is 32.2. The molecule has 9 nitrogen and oxygen atoms in total. The van der Waals surface area contributed by atoms with Crippen LogP contribution in [-0.2, 0) is 21.3 Å². The van der Waals surface area contributed by atoms with Crippen LogP contribution in [0.5, 0.6) is 17.2 Å². The average Bonchev–Trinajstić information content (AvgIpc) is 2.83. The van der Waals surface area contributed by atoms with E-state index >= 15 is 0 Å². The second-order valence-electron chi connectivity index (χ2n) is 7.22. The number of rotatable bonds is 8. The van der Waals surface area contributed by atoms with Crippen LogP contribution in [0.25, 0.3) is 0 Å². The summed E-state index contributed by atoms with van der Waals surface area (Å²) in [5.74, 6) is 1.14. The molecule has 0 unspecified atom stereocenters. The molecule has 0 N–H and O–H groups in total. The van der Waals surface area contributed by atoms with E-state index in [1.165, 1.54) is 34.5 Å². The number of sulfonamides is 1. The van der Waals surface area contributed by atoms with Crippen LogP contribution in [0, 0.1) is 0 Å². The van der Waals surface area contributed by atoms with Crippen molar-refractivity contribution in [2.75, 3.05) is 54.7 Å². The average molecular weight is 465 g/mol. The van der Waals surface area contributed by atoms with Crippen molar-refractivity contribution in [1.29, 1.82) is 0 Å². The maximum Gasteiger partial charge on any atom is 0.257 e. The molecule has 174 valence electrons. The summed E-state index contributed by atoms with van der Waals surface area (Å²) in [6, 6.07) is 9.66. The first-order chi connectivity index (χ1) is 15.3. The van der Waals surface area contributed by atoms with Crippen LogP contribution >= 0.6 is 0 Å². The number of hydrogen-bond acceptors (Lipinski definition) is 7. The Morgan fingerprint density at radius 1 is 1.00 bits per heavy atom. The Morgan fingerprint density at radius 2 is 1.69 bits per heavy atom. The van der Waals surface area contributed by atoms with E-state index in [0.29, 0.717) is 30.5 Å². The van der Waals surface area contributed by atoms with Crippen LogP contribution in [0.1, 0.15) is 15.9 Å². The topological polar surface area (TPSA) is 94.6 Å². The van der Waals surface area contributed by atoms with Gasteiger partial charge in [0.05, 0.1) is 45.0 Å². The monoisotopic (exact) mass is 464 g/mol. The van der Waals surface area contributed by atoms with Gasteiger partial charge in [-0.3, -0.25) is 4.79 Å². The Hall–Kier alpha value is -2.82. The number of morpholine rings is 1. The third-order valence-corrected chi connectivity index (χ3v) is 7.15. The molecule has 32 heavy (non-hydrogen) atoms. The molecule has 1 saturated heterocycles. The molecule has 1 heterocycles. The predicted molar refractivity (Wildman–Crippen MR) is 118 cm³/mol. The first-order valence-electron chi connectivity index (χ1n) is 10.0. The van der Waals surface area contributed by atoms with Crippen molar-refractivity contribution in [3.8, 4) is 17.2 Å². The number of methoxy groups -OCH3 is 3. The van der Waals surface area contributed by atoms with E-state index < -0.39 is 10.0 Å². The van der Waals surface area contributed by atoms with Crippen LogP contribution < -0.4 is 14.2 Å². The molecular weight excluding hydrogens is 436 g/mol. The lowest BCUT2D eigenvalue weighted by atomic mass is 10.1. The van der Waals surface area contributed by atoms with Crippen molar-refractivity contribution in [3.63, 3.8) is 0 Å². The minimum atomic E-state index is -3.75. The standard InChI is InChI=1S/C22H28N2O7S/c1-23(15-16-5-6-17(28-2)13-21(16)30-4)22(25)19-14-18(7-8-20(19)29-3)32(26,27)24-9-11-31-12-10-24/h5-8,13-14H,9-12,15H2,1-4H3. The smallest absolute Gasteiger partial charge is 0.257 e. The van der Waals surface area contributed by atoms with Gasteiger partial charge in [-0.2, -0.15) is 4.31 Å². The fourth-order valence-electron chi connectivity index (χ4n) is 3.47. The summed E-state index contributed by atoms with van der Waals surface area (Å²) in [6.07, 6.45) is 0. The molecule has 1 fully saturated rings. The second kappa shape index (κ2) is 10.2. The number of hydrogen-bond donors (Lipinski definition) is 0. The number of carbonyl (C=O) groups is 1. The summed E-state index contributed by atoms with van der Waals surface area (Å²) >= 11 is 0. The van der Waals surface area contributed by atoms with E-state index in [0.717, 1.165) is 5.56 Å². The van der Waals surface area contributed by atoms with Crippen LogP contribution in [0.2, 0.25) is 0 Å². The van der Waals surface area contributed by atoms with Crippen molar-refractivity contribution >= 4 is 15.9 Å². The minimum absolute atomic E-state index is 0.0407. The number of benzene rings is 2. The van der Waals surface area contributed by atoms with Crippen molar-refractivity contribution in [3.05, 3.63) is 47.5 Å². The van der Waals surface area contributed by atoms with Crippen LogP contribution in [0.3, 0.4) is 0 Å². The van der Waals surface area contributed by atoms with E-state index in [1.54, 1.807) is 33.4 Å². The molecule has 0 atom stereocenters. The summed E-state index contributed by atoms with van der Waals surface area (Å²) in [7, 11) is 2.43. The number of carbonyl (C=O) groups excluding carboxylic acids is 1. The predicted octanol–water partition coefficient (Wildman–Crippen LogP) is 2.01. The van der Waals surface area contributed by atoms with Gasteiger partial charge < -0.3 is 23.8 Å². The molecule has 0 saturated carbocycles. The van der Waals surface area contributed by atoms with E-state index in [9.17, 15) is 13.2 Å². The SMILES string of the molecule is COc1ccc(CN(C)C(=O)c2cc(S(=O)(=O)N3CCOCC3)ccc2OC)c(OC)c1. The number of nitrogens with zero attached hydrogens (tertiary/aromatic N) is 2. The summed E-state index contributed by atoms with van der Waals surface area (Å²) in [6.45, 7) is 1.47. The van der Waals surface area contributed by atoms with Gasteiger partial charge in [0.1, 0.15) is 17.2 Å². The van der Waals surface area contributed by atoms with E-state index in [4.69, 9.17) is 18.9 Å². The zero-order chi connectivity index (χ0) is 23.3. The molecule has 3 rings (SSSR count). The third kappa shape index (κ3) is 4.98. The van der Waals surface area contributed by atoms with Gasteiger partial charge in [-0.25, -0.2) is 8.42 Å². The van der Waals surface area contributed by atoms with Gasteiger partial charge in [0.15, 0.2) is 0 Å². The maximum absolute atomic E-state index is 13.3. The summed E-state index contributed by atoms with van der Waals surface area (Å²) in [5.41, 5.74) is 0.942. The van der Waals surface area contributed by atoms with Crippen LogP contribution in [0.15, 0.2) is 41.3 Å². The molecular formula is C22H28N2O7S. The Bertz CT molecular complexity index is 1070. The Balaban J connectivity index is 1.89. The summed E-state index contributed by atoms with van der Waals surface area (Å²) in [4.78, 5) is 14.8. The van der Waals surface area contributed by atoms with Gasteiger partial charge in [-0.05, 0) is 30.3 Å². The van der Waals surface area contributed by atoms with E-state index in [2.05, 4.69) is 0 Å². The largest absolute Gasteiger partial charge is 0.497 e. The quantitative estimate of drug-likeness (QED) is 0.590.